The number of piperazine rings is 1. The summed E-state index contributed by atoms with van der Waals surface area (Å²) >= 11 is 0. The first kappa shape index (κ1) is 23.3. The predicted octanol–water partition coefficient (Wildman–Crippen LogP) is 3.72. The average Bonchev–Trinajstić information content (AvgIpc) is 3.34. The Morgan fingerprint density at radius 3 is 2.12 bits per heavy atom. The fourth-order valence-electron chi connectivity index (χ4n) is 4.24. The van der Waals surface area contributed by atoms with E-state index in [2.05, 4.69) is 0 Å². The number of rotatable bonds is 5. The zero-order chi connectivity index (χ0) is 23.8. The van der Waals surface area contributed by atoms with Crippen LogP contribution in [-0.4, -0.2) is 56.9 Å². The second kappa shape index (κ2) is 8.82. The lowest BCUT2D eigenvalue weighted by Gasteiger charge is -2.38. The van der Waals surface area contributed by atoms with E-state index in [0.717, 1.165) is 31.0 Å². The van der Waals surface area contributed by atoms with Crippen LogP contribution in [0.25, 0.3) is 0 Å². The van der Waals surface area contributed by atoms with Crippen LogP contribution in [-0.2, 0) is 16.2 Å². The quantitative estimate of drug-likeness (QED) is 0.475. The summed E-state index contributed by atoms with van der Waals surface area (Å²) in [4.78, 5) is 14.2. The topological polar surface area (TPSA) is 87.0 Å². The van der Waals surface area contributed by atoms with E-state index < -0.39 is 26.7 Å². The average molecular weight is 485 g/mol. The van der Waals surface area contributed by atoms with Gasteiger partial charge in [-0.05, 0) is 37.1 Å². The van der Waals surface area contributed by atoms with Crippen LogP contribution in [0, 0.1) is 10.1 Å². The van der Waals surface area contributed by atoms with Crippen LogP contribution < -0.4 is 9.80 Å². The van der Waals surface area contributed by atoms with Crippen molar-refractivity contribution in [2.75, 3.05) is 49.1 Å². The summed E-state index contributed by atoms with van der Waals surface area (Å²) in [5.74, 6) is 0. The van der Waals surface area contributed by atoms with Crippen LogP contribution in [0.5, 0.6) is 0 Å². The molecule has 2 saturated heterocycles. The SMILES string of the molecule is O=[N+]([O-])c1ccc(N2CCN(c3cccc(C(F)(F)F)c3)CC2)c(S(=O)(=O)N2CCCC2)c1. The molecule has 0 aliphatic carbocycles. The van der Waals surface area contributed by atoms with Crippen LogP contribution in [0.1, 0.15) is 18.4 Å². The Bertz CT molecular complexity index is 1140. The number of non-ortho nitro benzene ring substituents is 1. The Morgan fingerprint density at radius 2 is 1.52 bits per heavy atom. The Morgan fingerprint density at radius 1 is 0.879 bits per heavy atom. The van der Waals surface area contributed by atoms with Crippen molar-refractivity contribution < 1.29 is 26.5 Å². The van der Waals surface area contributed by atoms with Crippen molar-refractivity contribution in [3.8, 4) is 0 Å². The molecule has 2 heterocycles. The molecule has 0 atom stereocenters. The standard InChI is InChI=1S/C21H23F3N4O4S/c22-21(23,24)16-4-3-5-17(14-16)25-10-12-26(13-11-25)19-7-6-18(28(29)30)15-20(19)33(31,32)27-8-1-2-9-27/h3-7,14-15H,1-2,8-13H2. The van der Waals surface area contributed by atoms with Gasteiger partial charge in [0.2, 0.25) is 10.0 Å². The van der Waals surface area contributed by atoms with Crippen molar-refractivity contribution in [2.45, 2.75) is 23.9 Å². The van der Waals surface area contributed by atoms with Gasteiger partial charge in [-0.1, -0.05) is 6.07 Å². The number of anilines is 2. The van der Waals surface area contributed by atoms with Crippen molar-refractivity contribution in [3.63, 3.8) is 0 Å². The third-order valence-corrected chi connectivity index (χ3v) is 7.92. The maximum absolute atomic E-state index is 13.2. The minimum Gasteiger partial charge on any atom is -0.368 e. The van der Waals surface area contributed by atoms with Crippen molar-refractivity contribution in [1.29, 1.82) is 0 Å². The molecule has 178 valence electrons. The number of hydrogen-bond donors (Lipinski definition) is 0. The first-order chi connectivity index (χ1) is 15.6. The molecule has 2 fully saturated rings. The molecule has 0 radical (unpaired) electrons. The molecule has 2 aromatic rings. The number of hydrogen-bond acceptors (Lipinski definition) is 6. The molecule has 0 unspecified atom stereocenters. The van der Waals surface area contributed by atoms with Gasteiger partial charge >= 0.3 is 6.18 Å². The molecule has 0 saturated carbocycles. The number of benzene rings is 2. The lowest BCUT2D eigenvalue weighted by Crippen LogP contribution is -2.47. The molecule has 2 aromatic carbocycles. The van der Waals surface area contributed by atoms with Crippen molar-refractivity contribution >= 4 is 27.1 Å². The third-order valence-electron chi connectivity index (χ3n) is 6.00. The van der Waals surface area contributed by atoms with Crippen LogP contribution in [0.2, 0.25) is 0 Å². The minimum absolute atomic E-state index is 0.105. The van der Waals surface area contributed by atoms with Crippen LogP contribution >= 0.6 is 0 Å². The van der Waals surface area contributed by atoms with E-state index in [9.17, 15) is 31.7 Å². The number of nitro groups is 1. The molecule has 0 aromatic heterocycles. The maximum Gasteiger partial charge on any atom is 0.416 e. The molecular weight excluding hydrogens is 461 g/mol. The predicted molar refractivity (Wildman–Crippen MR) is 117 cm³/mol. The fraction of sp³-hybridized carbons (Fsp3) is 0.429. The fourth-order valence-corrected chi connectivity index (χ4v) is 5.98. The van der Waals surface area contributed by atoms with Crippen molar-refractivity contribution in [2.24, 2.45) is 0 Å². The number of sulfonamides is 1. The highest BCUT2D eigenvalue weighted by atomic mass is 32.2. The third kappa shape index (κ3) is 4.76. The van der Waals surface area contributed by atoms with E-state index in [1.807, 2.05) is 9.80 Å². The lowest BCUT2D eigenvalue weighted by atomic mass is 10.1. The monoisotopic (exact) mass is 484 g/mol. The second-order valence-corrected chi connectivity index (χ2v) is 9.95. The lowest BCUT2D eigenvalue weighted by molar-refractivity contribution is -0.385. The van der Waals surface area contributed by atoms with Gasteiger partial charge in [0.05, 0.1) is 16.2 Å². The maximum atomic E-state index is 13.2. The smallest absolute Gasteiger partial charge is 0.368 e. The highest BCUT2D eigenvalue weighted by Gasteiger charge is 2.34. The second-order valence-electron chi connectivity index (χ2n) is 8.04. The van der Waals surface area contributed by atoms with Crippen LogP contribution in [0.3, 0.4) is 0 Å². The largest absolute Gasteiger partial charge is 0.416 e. The van der Waals surface area contributed by atoms with E-state index >= 15 is 0 Å². The Labute approximate surface area is 189 Å². The highest BCUT2D eigenvalue weighted by molar-refractivity contribution is 7.89. The molecular formula is C21H23F3N4O4S. The number of nitrogens with zero attached hydrogens (tertiary/aromatic N) is 4. The molecule has 4 rings (SSSR count). The van der Waals surface area contributed by atoms with Gasteiger partial charge in [0.15, 0.2) is 0 Å². The Kier molecular flexibility index (Phi) is 6.23. The molecule has 8 nitrogen and oxygen atoms in total. The molecule has 0 spiro atoms. The summed E-state index contributed by atoms with van der Waals surface area (Å²) in [7, 11) is -3.91. The summed E-state index contributed by atoms with van der Waals surface area (Å²) in [5.41, 5.74) is -0.217. The molecule has 12 heteroatoms. The van der Waals surface area contributed by atoms with Gasteiger partial charge in [-0.2, -0.15) is 17.5 Å². The molecule has 0 amide bonds. The van der Waals surface area contributed by atoms with Crippen LogP contribution in [0.4, 0.5) is 30.2 Å². The zero-order valence-electron chi connectivity index (χ0n) is 17.7. The Balaban J connectivity index is 1.59. The van der Waals surface area contributed by atoms with E-state index in [0.29, 0.717) is 50.6 Å². The minimum atomic E-state index is -4.44. The molecule has 33 heavy (non-hydrogen) atoms. The number of nitro benzene ring substituents is 1. The molecule has 0 N–H and O–H groups in total. The van der Waals surface area contributed by atoms with E-state index in [1.165, 1.54) is 22.5 Å². The summed E-state index contributed by atoms with van der Waals surface area (Å²) < 4.78 is 67.0. The van der Waals surface area contributed by atoms with E-state index in [4.69, 9.17) is 0 Å². The number of halogens is 3. The molecule has 0 bridgehead atoms. The van der Waals surface area contributed by atoms with Gasteiger partial charge in [-0.25, -0.2) is 8.42 Å². The molecule has 2 aliphatic rings. The highest BCUT2D eigenvalue weighted by Crippen LogP contribution is 2.35. The normalized spacial score (nSPS) is 18.0. The Hall–Kier alpha value is -2.86. The number of alkyl halides is 3. The van der Waals surface area contributed by atoms with Gasteiger partial charge in [0, 0.05) is 57.1 Å². The zero-order valence-corrected chi connectivity index (χ0v) is 18.5. The van der Waals surface area contributed by atoms with E-state index in [1.54, 1.807) is 6.07 Å². The van der Waals surface area contributed by atoms with Crippen molar-refractivity contribution in [3.05, 3.63) is 58.1 Å². The molecule has 2 aliphatic heterocycles. The van der Waals surface area contributed by atoms with Gasteiger partial charge in [-0.3, -0.25) is 10.1 Å². The van der Waals surface area contributed by atoms with Gasteiger partial charge in [-0.15, -0.1) is 0 Å². The van der Waals surface area contributed by atoms with Gasteiger partial charge in [0.25, 0.3) is 5.69 Å². The summed E-state index contributed by atoms with van der Waals surface area (Å²) in [6.45, 7) is 2.21. The van der Waals surface area contributed by atoms with Gasteiger partial charge < -0.3 is 9.80 Å². The van der Waals surface area contributed by atoms with Crippen molar-refractivity contribution in [1.82, 2.24) is 4.31 Å². The van der Waals surface area contributed by atoms with Gasteiger partial charge in [0.1, 0.15) is 4.90 Å². The summed E-state index contributed by atoms with van der Waals surface area (Å²) in [5, 5.41) is 11.3. The van der Waals surface area contributed by atoms with Crippen LogP contribution in [0.15, 0.2) is 47.4 Å². The van der Waals surface area contributed by atoms with E-state index in [-0.39, 0.29) is 10.6 Å². The summed E-state index contributed by atoms with van der Waals surface area (Å²) in [6, 6.07) is 8.92. The first-order valence-electron chi connectivity index (χ1n) is 10.5. The first-order valence-corrected chi connectivity index (χ1v) is 12.0. The summed E-state index contributed by atoms with van der Waals surface area (Å²) in [6.07, 6.45) is -2.96.